The number of benzene rings is 1. The lowest BCUT2D eigenvalue weighted by molar-refractivity contribution is 0.302. The lowest BCUT2D eigenvalue weighted by atomic mass is 9.94. The van der Waals surface area contributed by atoms with E-state index in [1.54, 1.807) is 11.8 Å². The van der Waals surface area contributed by atoms with E-state index in [0.29, 0.717) is 11.7 Å². The first-order chi connectivity index (χ1) is 10.3. The van der Waals surface area contributed by atoms with E-state index in [0.717, 1.165) is 23.9 Å². The highest BCUT2D eigenvalue weighted by Gasteiger charge is 2.42. The maximum absolute atomic E-state index is 5.54. The van der Waals surface area contributed by atoms with Gasteiger partial charge < -0.3 is 9.84 Å². The van der Waals surface area contributed by atoms with Crippen molar-refractivity contribution < 1.29 is 4.52 Å². The van der Waals surface area contributed by atoms with E-state index >= 15 is 0 Å². The second kappa shape index (κ2) is 5.46. The number of nitrogens with zero attached hydrogens (tertiary/aromatic N) is 2. The zero-order chi connectivity index (χ0) is 14.2. The molecule has 1 aromatic heterocycles. The van der Waals surface area contributed by atoms with Crippen molar-refractivity contribution >= 4 is 11.8 Å². The summed E-state index contributed by atoms with van der Waals surface area (Å²) in [7, 11) is 0. The number of hydrogen-bond acceptors (Lipinski definition) is 5. The molecule has 1 N–H and O–H groups in total. The van der Waals surface area contributed by atoms with Crippen LogP contribution in [0.3, 0.4) is 0 Å². The van der Waals surface area contributed by atoms with Crippen molar-refractivity contribution in [2.24, 2.45) is 11.8 Å². The Morgan fingerprint density at radius 3 is 2.90 bits per heavy atom. The van der Waals surface area contributed by atoms with Crippen LogP contribution < -0.4 is 5.32 Å². The molecule has 1 aromatic carbocycles. The Labute approximate surface area is 128 Å². The summed E-state index contributed by atoms with van der Waals surface area (Å²) in [5.74, 6) is 2.93. The van der Waals surface area contributed by atoms with Gasteiger partial charge in [-0.25, -0.2) is 0 Å². The Morgan fingerprint density at radius 2 is 2.10 bits per heavy atom. The van der Waals surface area contributed by atoms with Crippen LogP contribution in [0.25, 0.3) is 11.4 Å². The number of rotatable bonds is 3. The molecule has 0 radical (unpaired) electrons. The molecule has 0 bridgehead atoms. The van der Waals surface area contributed by atoms with Crippen molar-refractivity contribution in [3.63, 3.8) is 0 Å². The fourth-order valence-corrected chi connectivity index (χ4v) is 4.09. The van der Waals surface area contributed by atoms with E-state index in [4.69, 9.17) is 4.52 Å². The highest BCUT2D eigenvalue weighted by Crippen LogP contribution is 2.44. The second-order valence-electron chi connectivity index (χ2n) is 5.93. The molecule has 1 aliphatic carbocycles. The predicted octanol–water partition coefficient (Wildman–Crippen LogP) is 3.52. The molecular weight excluding hydrogens is 282 g/mol. The molecule has 4 rings (SSSR count). The van der Waals surface area contributed by atoms with E-state index in [2.05, 4.69) is 46.0 Å². The third kappa shape index (κ3) is 2.38. The Bertz CT molecular complexity index is 625. The highest BCUT2D eigenvalue weighted by molar-refractivity contribution is 7.98. The summed E-state index contributed by atoms with van der Waals surface area (Å²) in [5.41, 5.74) is 1.02. The molecule has 3 atom stereocenters. The van der Waals surface area contributed by atoms with Crippen LogP contribution in [0.15, 0.2) is 33.7 Å². The van der Waals surface area contributed by atoms with Crippen molar-refractivity contribution in [2.45, 2.75) is 30.2 Å². The molecule has 0 amide bonds. The van der Waals surface area contributed by atoms with Crippen LogP contribution in [-0.2, 0) is 0 Å². The molecular formula is C16H19N3OS. The largest absolute Gasteiger partial charge is 0.337 e. The zero-order valence-electron chi connectivity index (χ0n) is 12.1. The summed E-state index contributed by atoms with van der Waals surface area (Å²) in [4.78, 5) is 5.88. The SMILES string of the molecule is CSc1ccc(-c2noc(C3NCC4CCCC43)n2)cc1. The molecule has 2 aliphatic rings. The minimum atomic E-state index is 0.254. The van der Waals surface area contributed by atoms with Gasteiger partial charge in [0, 0.05) is 10.5 Å². The van der Waals surface area contributed by atoms with Gasteiger partial charge in [-0.05, 0) is 61.7 Å². The van der Waals surface area contributed by atoms with E-state index in [9.17, 15) is 0 Å². The molecule has 1 aliphatic heterocycles. The normalized spacial score (nSPS) is 28.0. The molecule has 21 heavy (non-hydrogen) atoms. The average Bonchev–Trinajstić information content (AvgIpc) is 3.23. The third-order valence-electron chi connectivity index (χ3n) is 4.80. The maximum atomic E-state index is 5.54. The van der Waals surface area contributed by atoms with Gasteiger partial charge >= 0.3 is 0 Å². The van der Waals surface area contributed by atoms with E-state index in [-0.39, 0.29) is 6.04 Å². The first-order valence-electron chi connectivity index (χ1n) is 7.56. The number of hydrogen-bond donors (Lipinski definition) is 1. The maximum Gasteiger partial charge on any atom is 0.244 e. The predicted molar refractivity (Wildman–Crippen MR) is 83.1 cm³/mol. The Kier molecular flexibility index (Phi) is 3.47. The third-order valence-corrected chi connectivity index (χ3v) is 5.55. The second-order valence-corrected chi connectivity index (χ2v) is 6.81. The van der Waals surface area contributed by atoms with E-state index in [1.165, 1.54) is 24.2 Å². The zero-order valence-corrected chi connectivity index (χ0v) is 12.9. The molecule has 3 unspecified atom stereocenters. The van der Waals surface area contributed by atoms with Crippen LogP contribution in [0.5, 0.6) is 0 Å². The van der Waals surface area contributed by atoms with Crippen LogP contribution in [0, 0.1) is 11.8 Å². The first-order valence-corrected chi connectivity index (χ1v) is 8.79. The van der Waals surface area contributed by atoms with Gasteiger partial charge in [0.05, 0.1) is 6.04 Å². The summed E-state index contributed by atoms with van der Waals surface area (Å²) in [6, 6.07) is 8.56. The van der Waals surface area contributed by atoms with E-state index < -0.39 is 0 Å². The molecule has 4 nitrogen and oxygen atoms in total. The van der Waals surface area contributed by atoms with Gasteiger partial charge in [-0.2, -0.15) is 4.98 Å². The van der Waals surface area contributed by atoms with Crippen LogP contribution in [0.2, 0.25) is 0 Å². The fraction of sp³-hybridized carbons (Fsp3) is 0.500. The average molecular weight is 301 g/mol. The quantitative estimate of drug-likeness (QED) is 0.879. The Morgan fingerprint density at radius 1 is 1.24 bits per heavy atom. The van der Waals surface area contributed by atoms with Gasteiger partial charge in [0.15, 0.2) is 0 Å². The fourth-order valence-electron chi connectivity index (χ4n) is 3.68. The van der Waals surface area contributed by atoms with Crippen LogP contribution in [0.1, 0.15) is 31.2 Å². The number of thioether (sulfide) groups is 1. The lowest BCUT2D eigenvalue weighted by Crippen LogP contribution is -2.18. The molecule has 5 heteroatoms. The van der Waals surface area contributed by atoms with Gasteiger partial charge in [-0.15, -0.1) is 11.8 Å². The molecule has 2 heterocycles. The van der Waals surface area contributed by atoms with Crippen molar-refractivity contribution in [3.05, 3.63) is 30.2 Å². The Balaban J connectivity index is 1.57. The summed E-state index contributed by atoms with van der Waals surface area (Å²) in [6.45, 7) is 1.09. The van der Waals surface area contributed by atoms with Crippen molar-refractivity contribution in [2.75, 3.05) is 12.8 Å². The number of nitrogens with one attached hydrogen (secondary N) is 1. The minimum Gasteiger partial charge on any atom is -0.337 e. The summed E-state index contributed by atoms with van der Waals surface area (Å²) in [5, 5.41) is 7.73. The van der Waals surface area contributed by atoms with Gasteiger partial charge in [0.1, 0.15) is 0 Å². The monoisotopic (exact) mass is 301 g/mol. The van der Waals surface area contributed by atoms with E-state index in [1.807, 2.05) is 0 Å². The van der Waals surface area contributed by atoms with Crippen LogP contribution >= 0.6 is 11.8 Å². The van der Waals surface area contributed by atoms with Crippen LogP contribution in [0.4, 0.5) is 0 Å². The number of fused-ring (bicyclic) bond motifs is 1. The molecule has 1 saturated heterocycles. The molecule has 1 saturated carbocycles. The molecule has 110 valence electrons. The molecule has 0 spiro atoms. The number of aromatic nitrogens is 2. The minimum absolute atomic E-state index is 0.254. The van der Waals surface area contributed by atoms with Gasteiger partial charge in [-0.3, -0.25) is 0 Å². The highest BCUT2D eigenvalue weighted by atomic mass is 32.2. The Hall–Kier alpha value is -1.33. The van der Waals surface area contributed by atoms with Crippen LogP contribution in [-0.4, -0.2) is 22.9 Å². The summed E-state index contributed by atoms with van der Waals surface area (Å²) >= 11 is 1.73. The first kappa shape index (κ1) is 13.3. The van der Waals surface area contributed by atoms with Gasteiger partial charge in [-0.1, -0.05) is 11.6 Å². The smallest absolute Gasteiger partial charge is 0.244 e. The lowest BCUT2D eigenvalue weighted by Gasteiger charge is -2.13. The van der Waals surface area contributed by atoms with Gasteiger partial charge in [0.2, 0.25) is 11.7 Å². The summed E-state index contributed by atoms with van der Waals surface area (Å²) < 4.78 is 5.54. The van der Waals surface area contributed by atoms with Crippen molar-refractivity contribution in [3.8, 4) is 11.4 Å². The molecule has 2 aromatic rings. The van der Waals surface area contributed by atoms with Crippen molar-refractivity contribution in [1.29, 1.82) is 0 Å². The summed E-state index contributed by atoms with van der Waals surface area (Å²) in [6.07, 6.45) is 6.03. The molecule has 2 fully saturated rings. The van der Waals surface area contributed by atoms with Gasteiger partial charge in [0.25, 0.3) is 0 Å². The standard InChI is InChI=1S/C16H19N3OS/c1-21-12-7-5-10(6-8-12)15-18-16(20-19-15)14-13-4-2-3-11(13)9-17-14/h5-8,11,13-14,17H,2-4,9H2,1H3. The van der Waals surface area contributed by atoms with Crippen molar-refractivity contribution in [1.82, 2.24) is 15.5 Å². The topological polar surface area (TPSA) is 51.0 Å².